The summed E-state index contributed by atoms with van der Waals surface area (Å²) in [6, 6.07) is 14.1. The lowest BCUT2D eigenvalue weighted by molar-refractivity contribution is -0.376. The number of aryl methyl sites for hydroxylation is 1. The van der Waals surface area contributed by atoms with E-state index in [2.05, 4.69) is 0 Å². The SMILES string of the molecule is CCCc1ccc(-c2ccccc2)c(C(O)(C(F)(F)F)C(F)(F)F)c1OCc1ccc(CO)c(CO)c1. The molecule has 200 valence electrons. The van der Waals surface area contributed by atoms with Crippen LogP contribution in [-0.2, 0) is 31.8 Å². The third-order valence-corrected chi connectivity index (χ3v) is 6.02. The number of alkyl halides is 6. The van der Waals surface area contributed by atoms with Crippen molar-refractivity contribution >= 4 is 0 Å². The predicted octanol–water partition coefficient (Wildman–Crippen LogP) is 6.18. The van der Waals surface area contributed by atoms with Gasteiger partial charge in [-0.05, 0) is 45.9 Å². The van der Waals surface area contributed by atoms with Crippen LogP contribution in [0.4, 0.5) is 26.3 Å². The minimum atomic E-state index is -6.12. The van der Waals surface area contributed by atoms with Crippen LogP contribution in [0, 0.1) is 0 Å². The Morgan fingerprint density at radius 1 is 0.757 bits per heavy atom. The average Bonchev–Trinajstić information content (AvgIpc) is 2.86. The molecule has 0 aliphatic carbocycles. The molecule has 0 aliphatic heterocycles. The van der Waals surface area contributed by atoms with E-state index in [1.54, 1.807) is 13.0 Å². The van der Waals surface area contributed by atoms with Crippen molar-refractivity contribution in [3.8, 4) is 16.9 Å². The largest absolute Gasteiger partial charge is 0.488 e. The smallest absolute Gasteiger partial charge is 0.430 e. The monoisotopic (exact) mass is 528 g/mol. The molecule has 0 spiro atoms. The maximum absolute atomic E-state index is 14.1. The van der Waals surface area contributed by atoms with Crippen LogP contribution in [-0.4, -0.2) is 27.7 Å². The summed E-state index contributed by atoms with van der Waals surface area (Å²) < 4.78 is 90.6. The van der Waals surface area contributed by atoms with Crippen molar-refractivity contribution in [3.63, 3.8) is 0 Å². The minimum Gasteiger partial charge on any atom is -0.488 e. The van der Waals surface area contributed by atoms with Crippen molar-refractivity contribution in [1.29, 1.82) is 0 Å². The molecule has 0 fully saturated rings. The Morgan fingerprint density at radius 2 is 1.35 bits per heavy atom. The molecule has 0 bridgehead atoms. The molecule has 0 heterocycles. The van der Waals surface area contributed by atoms with Gasteiger partial charge in [-0.2, -0.15) is 26.3 Å². The number of hydrogen-bond donors (Lipinski definition) is 3. The maximum Gasteiger partial charge on any atom is 0.430 e. The zero-order valence-electron chi connectivity index (χ0n) is 19.8. The van der Waals surface area contributed by atoms with Crippen molar-refractivity contribution in [3.05, 3.63) is 88.5 Å². The topological polar surface area (TPSA) is 69.9 Å². The van der Waals surface area contributed by atoms with Crippen molar-refractivity contribution in [2.75, 3.05) is 0 Å². The molecule has 10 heteroatoms. The van der Waals surface area contributed by atoms with Crippen molar-refractivity contribution < 1.29 is 46.4 Å². The van der Waals surface area contributed by atoms with Crippen LogP contribution in [0.2, 0.25) is 0 Å². The van der Waals surface area contributed by atoms with Gasteiger partial charge in [-0.15, -0.1) is 0 Å². The summed E-state index contributed by atoms with van der Waals surface area (Å²) in [6.07, 6.45) is -11.8. The lowest BCUT2D eigenvalue weighted by atomic mass is 9.83. The van der Waals surface area contributed by atoms with Crippen LogP contribution in [0.5, 0.6) is 5.75 Å². The lowest BCUT2D eigenvalue weighted by Gasteiger charge is -2.36. The zero-order valence-corrected chi connectivity index (χ0v) is 19.8. The van der Waals surface area contributed by atoms with Crippen LogP contribution in [0.3, 0.4) is 0 Å². The lowest BCUT2D eigenvalue weighted by Crippen LogP contribution is -2.54. The van der Waals surface area contributed by atoms with Gasteiger partial charge in [0.2, 0.25) is 0 Å². The molecule has 3 N–H and O–H groups in total. The molecule has 0 unspecified atom stereocenters. The van der Waals surface area contributed by atoms with E-state index in [9.17, 15) is 41.7 Å². The molecule has 0 saturated carbocycles. The molecular formula is C27H26F6O4. The van der Waals surface area contributed by atoms with Crippen LogP contribution in [0.15, 0.2) is 60.7 Å². The fraction of sp³-hybridized carbons (Fsp3) is 0.333. The Morgan fingerprint density at radius 3 is 1.89 bits per heavy atom. The minimum absolute atomic E-state index is 0.0344. The first-order valence-electron chi connectivity index (χ1n) is 11.4. The molecule has 0 atom stereocenters. The van der Waals surface area contributed by atoms with E-state index >= 15 is 0 Å². The number of rotatable bonds is 9. The van der Waals surface area contributed by atoms with Crippen LogP contribution in [0.1, 0.15) is 41.2 Å². The van der Waals surface area contributed by atoms with Crippen LogP contribution >= 0.6 is 0 Å². The van der Waals surface area contributed by atoms with E-state index in [0.29, 0.717) is 23.1 Å². The number of halogens is 6. The zero-order chi connectivity index (χ0) is 27.4. The first kappa shape index (κ1) is 28.5. The number of aliphatic hydroxyl groups excluding tert-OH is 2. The summed E-state index contributed by atoms with van der Waals surface area (Å²) in [7, 11) is 0. The normalized spacial score (nSPS) is 12.6. The van der Waals surface area contributed by atoms with Crippen LogP contribution < -0.4 is 4.74 Å². The first-order chi connectivity index (χ1) is 17.4. The van der Waals surface area contributed by atoms with Gasteiger partial charge >= 0.3 is 12.4 Å². The highest BCUT2D eigenvalue weighted by Crippen LogP contribution is 2.55. The van der Waals surface area contributed by atoms with Gasteiger partial charge in [0.1, 0.15) is 12.4 Å². The fourth-order valence-electron chi connectivity index (χ4n) is 4.14. The second-order valence-corrected chi connectivity index (χ2v) is 8.51. The summed E-state index contributed by atoms with van der Waals surface area (Å²) in [6.45, 7) is 0.439. The summed E-state index contributed by atoms with van der Waals surface area (Å²) in [5, 5.41) is 29.4. The maximum atomic E-state index is 14.1. The predicted molar refractivity (Wildman–Crippen MR) is 124 cm³/mol. The van der Waals surface area contributed by atoms with E-state index in [-0.39, 0.29) is 24.2 Å². The Balaban J connectivity index is 2.30. The van der Waals surface area contributed by atoms with E-state index in [0.717, 1.165) is 6.07 Å². The summed E-state index contributed by atoms with van der Waals surface area (Å²) >= 11 is 0. The molecule has 0 radical (unpaired) electrons. The summed E-state index contributed by atoms with van der Waals surface area (Å²) in [5.41, 5.74) is -5.95. The molecular weight excluding hydrogens is 502 g/mol. The third-order valence-electron chi connectivity index (χ3n) is 6.02. The number of aliphatic hydroxyl groups is 3. The standard InChI is InChI=1S/C27H26F6O4/c1-2-6-19-11-12-22(18-7-4-3-5-8-18)23(25(36,26(28,29)30)27(31,32)33)24(19)37-16-17-9-10-20(14-34)21(13-17)15-35/h3-5,7-13,34-36H,2,6,14-16H2,1H3. The Kier molecular flexibility index (Phi) is 8.56. The Labute approximate surface area is 209 Å². The van der Waals surface area contributed by atoms with Gasteiger partial charge in [-0.1, -0.05) is 67.9 Å². The van der Waals surface area contributed by atoms with E-state index in [4.69, 9.17) is 4.74 Å². The second-order valence-electron chi connectivity index (χ2n) is 8.51. The average molecular weight is 528 g/mol. The molecule has 4 nitrogen and oxygen atoms in total. The molecule has 0 amide bonds. The van der Waals surface area contributed by atoms with E-state index in [1.807, 2.05) is 0 Å². The first-order valence-corrected chi connectivity index (χ1v) is 11.4. The molecule has 0 aliphatic rings. The summed E-state index contributed by atoms with van der Waals surface area (Å²) in [4.78, 5) is 0. The number of ether oxygens (including phenoxy) is 1. The molecule has 3 aromatic rings. The highest BCUT2D eigenvalue weighted by atomic mass is 19.4. The van der Waals surface area contributed by atoms with Gasteiger partial charge in [-0.3, -0.25) is 0 Å². The van der Waals surface area contributed by atoms with Gasteiger partial charge < -0.3 is 20.1 Å². The third kappa shape index (κ3) is 5.61. The quantitative estimate of drug-likeness (QED) is 0.290. The van der Waals surface area contributed by atoms with Crippen molar-refractivity contribution in [1.82, 2.24) is 0 Å². The van der Waals surface area contributed by atoms with Gasteiger partial charge in [0, 0.05) is 0 Å². The Hall–Kier alpha value is -3.08. The fourth-order valence-corrected chi connectivity index (χ4v) is 4.14. The van der Waals surface area contributed by atoms with Gasteiger partial charge in [0.05, 0.1) is 18.8 Å². The number of hydrogen-bond acceptors (Lipinski definition) is 4. The second kappa shape index (κ2) is 11.1. The summed E-state index contributed by atoms with van der Waals surface area (Å²) in [5.74, 6) is -0.711. The van der Waals surface area contributed by atoms with Crippen molar-refractivity contribution in [2.45, 2.75) is 57.5 Å². The highest BCUT2D eigenvalue weighted by molar-refractivity contribution is 5.73. The number of benzene rings is 3. The van der Waals surface area contributed by atoms with Gasteiger partial charge in [-0.25, -0.2) is 0 Å². The molecule has 37 heavy (non-hydrogen) atoms. The van der Waals surface area contributed by atoms with Crippen molar-refractivity contribution in [2.24, 2.45) is 0 Å². The van der Waals surface area contributed by atoms with E-state index < -0.39 is 48.0 Å². The van der Waals surface area contributed by atoms with Gasteiger partial charge in [0.15, 0.2) is 0 Å². The molecule has 0 saturated heterocycles. The van der Waals surface area contributed by atoms with Gasteiger partial charge in [0.25, 0.3) is 5.60 Å². The van der Waals surface area contributed by atoms with E-state index in [1.165, 1.54) is 48.5 Å². The highest BCUT2D eigenvalue weighted by Gasteiger charge is 2.73. The molecule has 3 rings (SSSR count). The Bertz CT molecular complexity index is 1190. The molecule has 3 aromatic carbocycles. The molecule has 0 aromatic heterocycles. The van der Waals surface area contributed by atoms with Crippen LogP contribution in [0.25, 0.3) is 11.1 Å².